The highest BCUT2D eigenvalue weighted by Crippen LogP contribution is 2.35. The minimum Gasteiger partial charge on any atom is -0.493 e. The van der Waals surface area contributed by atoms with Crippen LogP contribution < -0.4 is 10.5 Å². The van der Waals surface area contributed by atoms with E-state index in [1.807, 2.05) is 30.9 Å². The van der Waals surface area contributed by atoms with Gasteiger partial charge in [0.1, 0.15) is 5.75 Å². The van der Waals surface area contributed by atoms with Crippen molar-refractivity contribution >= 4 is 0 Å². The topological polar surface area (TPSA) is 53.1 Å². The van der Waals surface area contributed by atoms with Gasteiger partial charge in [-0.05, 0) is 12.5 Å². The van der Waals surface area contributed by atoms with Crippen LogP contribution >= 0.6 is 0 Å². The lowest BCUT2D eigenvalue weighted by Crippen LogP contribution is -2.14. The highest BCUT2D eigenvalue weighted by Gasteiger charge is 2.22. The Morgan fingerprint density at radius 3 is 2.94 bits per heavy atom. The van der Waals surface area contributed by atoms with E-state index in [2.05, 4.69) is 17.2 Å². The van der Waals surface area contributed by atoms with Gasteiger partial charge in [0, 0.05) is 30.3 Å². The highest BCUT2D eigenvalue weighted by molar-refractivity contribution is 5.48. The van der Waals surface area contributed by atoms with Crippen LogP contribution in [0.4, 0.5) is 0 Å². The Bertz CT molecular complexity index is 589. The summed E-state index contributed by atoms with van der Waals surface area (Å²) in [7, 11) is 1.93. The molecule has 0 amide bonds. The third-order valence-electron chi connectivity index (χ3n) is 3.69. The van der Waals surface area contributed by atoms with Gasteiger partial charge in [0.05, 0.1) is 18.8 Å². The highest BCUT2D eigenvalue weighted by atomic mass is 16.5. The SMILES string of the molecule is Cc1c(C(N)c2cccc3c2OCC3)cnn1C. The molecule has 0 fully saturated rings. The summed E-state index contributed by atoms with van der Waals surface area (Å²) >= 11 is 0. The number of hydrogen-bond acceptors (Lipinski definition) is 3. The van der Waals surface area contributed by atoms with E-state index >= 15 is 0 Å². The normalized spacial score (nSPS) is 15.3. The molecular weight excluding hydrogens is 226 g/mol. The number of hydrogen-bond donors (Lipinski definition) is 1. The molecule has 0 saturated heterocycles. The molecule has 3 rings (SSSR count). The number of fused-ring (bicyclic) bond motifs is 1. The van der Waals surface area contributed by atoms with Crippen molar-refractivity contribution in [2.45, 2.75) is 19.4 Å². The lowest BCUT2D eigenvalue weighted by molar-refractivity contribution is 0.352. The summed E-state index contributed by atoms with van der Waals surface area (Å²) in [5, 5.41) is 4.25. The first-order valence-electron chi connectivity index (χ1n) is 6.17. The third-order valence-corrected chi connectivity index (χ3v) is 3.69. The number of nitrogens with two attached hydrogens (primary N) is 1. The minimum atomic E-state index is -0.174. The van der Waals surface area contributed by atoms with Gasteiger partial charge in [0.15, 0.2) is 0 Å². The molecule has 0 bridgehead atoms. The number of para-hydroxylation sites is 1. The van der Waals surface area contributed by atoms with Gasteiger partial charge in [-0.3, -0.25) is 4.68 Å². The second-order valence-corrected chi connectivity index (χ2v) is 4.72. The summed E-state index contributed by atoms with van der Waals surface area (Å²) in [6.07, 6.45) is 2.82. The fourth-order valence-corrected chi connectivity index (χ4v) is 2.47. The second-order valence-electron chi connectivity index (χ2n) is 4.72. The molecule has 0 aliphatic carbocycles. The zero-order chi connectivity index (χ0) is 12.7. The Hall–Kier alpha value is -1.81. The van der Waals surface area contributed by atoms with Crippen molar-refractivity contribution in [2.24, 2.45) is 12.8 Å². The summed E-state index contributed by atoms with van der Waals surface area (Å²) in [6, 6.07) is 6.02. The molecule has 1 aliphatic heterocycles. The van der Waals surface area contributed by atoms with E-state index in [1.165, 1.54) is 5.56 Å². The summed E-state index contributed by atoms with van der Waals surface area (Å²) < 4.78 is 7.56. The molecule has 1 unspecified atom stereocenters. The molecule has 94 valence electrons. The van der Waals surface area contributed by atoms with Gasteiger partial charge in [0.25, 0.3) is 0 Å². The standard InChI is InChI=1S/C14H17N3O/c1-9-12(8-16-17(9)2)13(15)11-5-3-4-10-6-7-18-14(10)11/h3-5,8,13H,6-7,15H2,1-2H3. The zero-order valence-corrected chi connectivity index (χ0v) is 10.7. The van der Waals surface area contributed by atoms with Crippen molar-refractivity contribution in [3.63, 3.8) is 0 Å². The zero-order valence-electron chi connectivity index (χ0n) is 10.7. The van der Waals surface area contributed by atoms with Crippen LogP contribution in [0.15, 0.2) is 24.4 Å². The Morgan fingerprint density at radius 1 is 1.39 bits per heavy atom. The molecule has 2 heterocycles. The lowest BCUT2D eigenvalue weighted by atomic mass is 9.97. The maximum atomic E-state index is 6.37. The van der Waals surface area contributed by atoms with Crippen LogP contribution in [0.25, 0.3) is 0 Å². The number of nitrogens with zero attached hydrogens (tertiary/aromatic N) is 2. The number of aryl methyl sites for hydroxylation is 1. The predicted molar refractivity (Wildman–Crippen MR) is 69.6 cm³/mol. The van der Waals surface area contributed by atoms with E-state index in [4.69, 9.17) is 10.5 Å². The number of aromatic nitrogens is 2. The van der Waals surface area contributed by atoms with Crippen molar-refractivity contribution in [3.8, 4) is 5.75 Å². The van der Waals surface area contributed by atoms with Gasteiger partial charge in [-0.2, -0.15) is 5.10 Å². The number of rotatable bonds is 2. The first-order valence-corrected chi connectivity index (χ1v) is 6.17. The van der Waals surface area contributed by atoms with Crippen LogP contribution in [0.1, 0.15) is 28.4 Å². The number of benzene rings is 1. The molecule has 4 nitrogen and oxygen atoms in total. The molecule has 2 N–H and O–H groups in total. The molecule has 18 heavy (non-hydrogen) atoms. The van der Waals surface area contributed by atoms with Crippen molar-refractivity contribution < 1.29 is 4.74 Å². The monoisotopic (exact) mass is 243 g/mol. The molecular formula is C14H17N3O. The van der Waals surface area contributed by atoms with Crippen LogP contribution in [0.2, 0.25) is 0 Å². The molecule has 1 aromatic carbocycles. The van der Waals surface area contributed by atoms with Gasteiger partial charge < -0.3 is 10.5 Å². The summed E-state index contributed by atoms with van der Waals surface area (Å²) in [6.45, 7) is 2.79. The fourth-order valence-electron chi connectivity index (χ4n) is 2.47. The molecule has 0 spiro atoms. The van der Waals surface area contributed by atoms with Gasteiger partial charge >= 0.3 is 0 Å². The van der Waals surface area contributed by atoms with Crippen molar-refractivity contribution in [1.29, 1.82) is 0 Å². The Kier molecular flexibility index (Phi) is 2.59. The summed E-state index contributed by atoms with van der Waals surface area (Å²) in [4.78, 5) is 0. The minimum absolute atomic E-state index is 0.174. The van der Waals surface area contributed by atoms with E-state index in [9.17, 15) is 0 Å². The van der Waals surface area contributed by atoms with Crippen molar-refractivity contribution in [1.82, 2.24) is 9.78 Å². The van der Waals surface area contributed by atoms with Crippen LogP contribution in [-0.4, -0.2) is 16.4 Å². The van der Waals surface area contributed by atoms with E-state index < -0.39 is 0 Å². The van der Waals surface area contributed by atoms with Gasteiger partial charge in [-0.1, -0.05) is 18.2 Å². The van der Waals surface area contributed by atoms with E-state index in [0.29, 0.717) is 0 Å². The maximum Gasteiger partial charge on any atom is 0.127 e. The van der Waals surface area contributed by atoms with E-state index in [1.54, 1.807) is 0 Å². The van der Waals surface area contributed by atoms with Crippen LogP contribution in [-0.2, 0) is 13.5 Å². The smallest absolute Gasteiger partial charge is 0.127 e. The van der Waals surface area contributed by atoms with Crippen LogP contribution in [0.3, 0.4) is 0 Å². The average Bonchev–Trinajstić information content (AvgIpc) is 2.96. The largest absolute Gasteiger partial charge is 0.493 e. The van der Waals surface area contributed by atoms with Gasteiger partial charge in [0.2, 0.25) is 0 Å². The van der Waals surface area contributed by atoms with Crippen LogP contribution in [0.5, 0.6) is 5.75 Å². The van der Waals surface area contributed by atoms with Crippen molar-refractivity contribution in [2.75, 3.05) is 6.61 Å². The first kappa shape index (κ1) is 11.3. The van der Waals surface area contributed by atoms with Gasteiger partial charge in [-0.25, -0.2) is 0 Å². The maximum absolute atomic E-state index is 6.37. The Morgan fingerprint density at radius 2 is 2.22 bits per heavy atom. The van der Waals surface area contributed by atoms with Gasteiger partial charge in [-0.15, -0.1) is 0 Å². The fraction of sp³-hybridized carbons (Fsp3) is 0.357. The average molecular weight is 243 g/mol. The van der Waals surface area contributed by atoms with Crippen molar-refractivity contribution in [3.05, 3.63) is 46.8 Å². The Labute approximate surface area is 106 Å². The molecule has 2 aromatic rings. The molecule has 1 aliphatic rings. The predicted octanol–water partition coefficient (Wildman–Crippen LogP) is 1.71. The molecule has 1 aromatic heterocycles. The Balaban J connectivity index is 2.05. The van der Waals surface area contributed by atoms with E-state index in [0.717, 1.165) is 35.6 Å². The molecule has 1 atom stereocenters. The first-order chi connectivity index (χ1) is 8.68. The third kappa shape index (κ3) is 1.61. The summed E-state index contributed by atoms with van der Waals surface area (Å²) in [5.41, 5.74) is 10.8. The van der Waals surface area contributed by atoms with E-state index in [-0.39, 0.29) is 6.04 Å². The molecule has 0 saturated carbocycles. The summed E-state index contributed by atoms with van der Waals surface area (Å²) in [5.74, 6) is 0.966. The second kappa shape index (κ2) is 4.14. The molecule has 0 radical (unpaired) electrons. The van der Waals surface area contributed by atoms with Crippen LogP contribution in [0, 0.1) is 6.92 Å². The quantitative estimate of drug-likeness (QED) is 0.873. The number of ether oxygens (including phenoxy) is 1. The molecule has 4 heteroatoms. The lowest BCUT2D eigenvalue weighted by Gasteiger charge is -2.15.